The van der Waals surface area contributed by atoms with Crippen LogP contribution in [0.4, 0.5) is 43.9 Å². The number of fused-ring (bicyclic) bond motifs is 4. The van der Waals surface area contributed by atoms with Crippen molar-refractivity contribution in [3.05, 3.63) is 122 Å². The predicted octanol–water partition coefficient (Wildman–Crippen LogP) is 8.36. The number of hydrogen-bond donors (Lipinski definition) is 5. The second-order valence-corrected chi connectivity index (χ2v) is 28.2. The molecule has 1 fully saturated rings. The zero-order chi connectivity index (χ0) is 64.1. The number of aromatic nitrogens is 5. The lowest BCUT2D eigenvalue weighted by atomic mass is 9.78. The lowest BCUT2D eigenvalue weighted by molar-refractivity contribution is -0.143. The third-order valence-electron chi connectivity index (χ3n) is 14.3. The minimum absolute atomic E-state index is 0.0982. The Balaban J connectivity index is 1.30. The number of amides is 2. The quantitative estimate of drug-likeness (QED) is 0.0234. The van der Waals surface area contributed by atoms with Crippen LogP contribution in [0.5, 0.6) is 5.75 Å². The van der Waals surface area contributed by atoms with Gasteiger partial charge in [0.05, 0.1) is 51.1 Å². The molecule has 35 heteroatoms. The standard InChI is InChI=1S/C51H48ClF10N7O13P2S2/c1-24-13-29(83(72,73)74)18-37(82-84(75,76)77)42(24)47(2,3)20-39(71)69(85(78)79)21-36-41-34(52)10-9-31(44(41)68(65-36)23-49(55,56)57)30-8-7-28(11-12-48(4,5)86(6,80)81)63-43(30)35(16-25-14-26(53)17-27(54)15-25)64-38(70)22-67-46-40(45(66-67)51(60,61)62)32-19-33(32)50(46,58)59/h7-10,13-15,17-18,32-33,35H,16,19-23H2,1-6H3,(H,64,70)(H,78,79)(H2,72,73,74)(H2,75,76,77)/p-1/t32-,33+,35-/m0/s1. The van der Waals surface area contributed by atoms with Gasteiger partial charge in [-0.25, -0.2) is 26.7 Å². The van der Waals surface area contributed by atoms with E-state index in [1.165, 1.54) is 34.6 Å². The van der Waals surface area contributed by atoms with E-state index in [0.717, 1.165) is 48.7 Å². The summed E-state index contributed by atoms with van der Waals surface area (Å²) < 4.78 is 228. The summed E-state index contributed by atoms with van der Waals surface area (Å²) in [7, 11) is -14.6. The van der Waals surface area contributed by atoms with Crippen LogP contribution in [0.2, 0.25) is 5.02 Å². The zero-order valence-electron chi connectivity index (χ0n) is 45.2. The number of nitrogens with one attached hydrogen (secondary N) is 1. The third kappa shape index (κ3) is 13.9. The topological polar surface area (TPSA) is 296 Å². The molecule has 0 bridgehead atoms. The molecule has 0 saturated heterocycles. The monoisotopic (exact) mass is 1320 g/mol. The Morgan fingerprint density at radius 1 is 0.965 bits per heavy atom. The van der Waals surface area contributed by atoms with Crippen molar-refractivity contribution in [2.24, 2.45) is 5.92 Å². The van der Waals surface area contributed by atoms with E-state index in [1.54, 1.807) is 0 Å². The molecule has 0 spiro atoms. The van der Waals surface area contributed by atoms with Gasteiger partial charge in [0.25, 0.3) is 5.92 Å². The molecule has 6 aromatic rings. The summed E-state index contributed by atoms with van der Waals surface area (Å²) in [5.41, 5.74) is -8.92. The molecule has 20 nitrogen and oxygen atoms in total. The van der Waals surface area contributed by atoms with E-state index in [-0.39, 0.29) is 48.9 Å². The first-order valence-electron chi connectivity index (χ1n) is 24.9. The number of aryl methyl sites for hydroxylation is 1. The van der Waals surface area contributed by atoms with Crippen molar-refractivity contribution in [2.45, 2.75) is 114 Å². The van der Waals surface area contributed by atoms with Crippen molar-refractivity contribution >= 4 is 76.1 Å². The lowest BCUT2D eigenvalue weighted by Gasteiger charge is -2.32. The van der Waals surface area contributed by atoms with Crippen LogP contribution in [-0.2, 0) is 83.4 Å². The fourth-order valence-corrected chi connectivity index (χ4v) is 12.4. The molecule has 5 N–H and O–H groups in total. The van der Waals surface area contributed by atoms with Crippen LogP contribution >= 0.6 is 27.0 Å². The first-order chi connectivity index (χ1) is 39.3. The maximum absolute atomic E-state index is 15.7. The van der Waals surface area contributed by atoms with Gasteiger partial charge in [0.15, 0.2) is 15.5 Å². The van der Waals surface area contributed by atoms with Gasteiger partial charge in [0.1, 0.15) is 46.6 Å². The summed E-state index contributed by atoms with van der Waals surface area (Å²) in [6.45, 7) is 1.59. The highest BCUT2D eigenvalue weighted by Gasteiger charge is 2.68. The average molecular weight is 1320 g/mol. The highest BCUT2D eigenvalue weighted by molar-refractivity contribution is 7.92. The molecule has 3 aromatic carbocycles. The molecular formula is C51H47ClF10N7O13P2S2-. The summed E-state index contributed by atoms with van der Waals surface area (Å²) in [5, 5.41) is 8.16. The number of halogens is 11. The summed E-state index contributed by atoms with van der Waals surface area (Å²) in [5.74, 6) is -7.51. The zero-order valence-corrected chi connectivity index (χ0v) is 49.4. The molecule has 1 saturated carbocycles. The summed E-state index contributed by atoms with van der Waals surface area (Å²) >= 11 is 3.09. The number of carbonyl (C=O) groups is 2. The van der Waals surface area contributed by atoms with E-state index in [4.69, 9.17) is 16.1 Å². The van der Waals surface area contributed by atoms with E-state index in [2.05, 4.69) is 32.3 Å². The maximum Gasteiger partial charge on any atom is 0.524 e. The molecule has 3 aromatic heterocycles. The second-order valence-electron chi connectivity index (χ2n) is 21.6. The van der Waals surface area contributed by atoms with Gasteiger partial charge in [-0.05, 0) is 99.0 Å². The van der Waals surface area contributed by atoms with Crippen LogP contribution in [0.3, 0.4) is 0 Å². The number of rotatable bonds is 18. The Morgan fingerprint density at radius 2 is 1.59 bits per heavy atom. The van der Waals surface area contributed by atoms with Crippen LogP contribution in [0.1, 0.15) is 103 Å². The van der Waals surface area contributed by atoms with E-state index in [0.29, 0.717) is 16.8 Å². The van der Waals surface area contributed by atoms with Crippen LogP contribution < -0.4 is 15.1 Å². The average Bonchev–Trinajstić information content (AvgIpc) is 1.52. The minimum atomic E-state index is -5.52. The van der Waals surface area contributed by atoms with Crippen molar-refractivity contribution in [3.8, 4) is 28.7 Å². The van der Waals surface area contributed by atoms with Crippen LogP contribution in [0.15, 0.2) is 54.6 Å². The van der Waals surface area contributed by atoms with Gasteiger partial charge in [-0.15, -0.1) is 0 Å². The van der Waals surface area contributed by atoms with E-state index in [1.807, 2.05) is 0 Å². The summed E-state index contributed by atoms with van der Waals surface area (Å²) in [6, 6.07) is 6.10. The van der Waals surface area contributed by atoms with Gasteiger partial charge in [0, 0.05) is 57.7 Å². The number of nitrogens with zero attached hydrogens (tertiary/aromatic N) is 6. The number of hydrogen-bond acceptors (Lipinski definition) is 12. The molecule has 464 valence electrons. The molecule has 8 rings (SSSR count). The van der Waals surface area contributed by atoms with Crippen molar-refractivity contribution in [1.29, 1.82) is 0 Å². The van der Waals surface area contributed by atoms with Crippen molar-refractivity contribution in [2.75, 3.05) is 6.26 Å². The van der Waals surface area contributed by atoms with Crippen LogP contribution in [0.25, 0.3) is 22.0 Å². The van der Waals surface area contributed by atoms with E-state index in [9.17, 15) is 90.6 Å². The van der Waals surface area contributed by atoms with E-state index < -0.39 is 194 Å². The van der Waals surface area contributed by atoms with Gasteiger partial charge in [-0.2, -0.15) is 45.3 Å². The molecule has 0 radical (unpaired) electrons. The van der Waals surface area contributed by atoms with Crippen molar-refractivity contribution in [3.63, 3.8) is 0 Å². The summed E-state index contributed by atoms with van der Waals surface area (Å²) in [4.78, 5) is 72.2. The fourth-order valence-electron chi connectivity index (χ4n) is 10.3. The van der Waals surface area contributed by atoms with Gasteiger partial charge in [-0.1, -0.05) is 37.4 Å². The number of pyridine rings is 1. The number of carbonyl (C=O) groups excluding carboxylic acids is 2. The highest BCUT2D eigenvalue weighted by Crippen LogP contribution is 2.68. The molecule has 2 amide bonds. The normalized spacial score (nSPS) is 16.9. The van der Waals surface area contributed by atoms with Crippen LogP contribution in [-0.4, -0.2) is 94.6 Å². The number of alkyl halides is 8. The Morgan fingerprint density at radius 3 is 2.16 bits per heavy atom. The first-order valence-corrected chi connectivity index (χ1v) is 31.4. The maximum atomic E-state index is 15.7. The molecule has 2 aliphatic carbocycles. The predicted molar refractivity (Wildman–Crippen MR) is 285 cm³/mol. The first kappa shape index (κ1) is 65.7. The van der Waals surface area contributed by atoms with Gasteiger partial charge in [-0.3, -0.25) is 41.8 Å². The molecule has 0 aliphatic heterocycles. The minimum Gasteiger partial charge on any atom is -0.755 e. The number of benzene rings is 3. The molecule has 3 heterocycles. The smallest absolute Gasteiger partial charge is 0.524 e. The van der Waals surface area contributed by atoms with Crippen molar-refractivity contribution < 1.29 is 104 Å². The van der Waals surface area contributed by atoms with Crippen LogP contribution in [0, 0.1) is 36.3 Å². The Kier molecular flexibility index (Phi) is 17.4. The highest BCUT2D eigenvalue weighted by atomic mass is 35.5. The molecular weight excluding hydrogens is 1270 g/mol. The third-order valence-corrected chi connectivity index (χ3v) is 18.6. The van der Waals surface area contributed by atoms with Gasteiger partial charge >= 0.3 is 27.8 Å². The van der Waals surface area contributed by atoms with Gasteiger partial charge < -0.3 is 24.2 Å². The SMILES string of the molecule is Cc1cc(P(=O)(O)O)cc(OP(=O)(O)O)c1C(C)(C)CC(=O)N(Cc1nn(CC(F)(F)F)c2c(-c3ccc(C#CC(C)(C)S(C)(=O)=O)nc3[C@H](Cc3cc(F)cc(F)c3)NC(=O)Cn3nc(C(F)(F)F)c4c3C(F)(F)[C@@H]3C[C@H]43)ccc(Cl)c12)S(=O)[O-]. The Hall–Kier alpha value is -6.26. The summed E-state index contributed by atoms with van der Waals surface area (Å²) in [6.07, 6.45) is -11.6. The largest absolute Gasteiger partial charge is 0.755 e. The fraction of sp³-hybridized carbons (Fsp3) is 0.392. The van der Waals surface area contributed by atoms with E-state index >= 15 is 8.78 Å². The van der Waals surface area contributed by atoms with Crippen molar-refractivity contribution in [1.82, 2.24) is 34.2 Å². The molecule has 1 unspecified atom stereocenters. The molecule has 86 heavy (non-hydrogen) atoms. The number of phosphoric acid groups is 1. The second kappa shape index (κ2) is 22.7. The Labute approximate surface area is 489 Å². The lowest BCUT2D eigenvalue weighted by Crippen LogP contribution is -2.37. The number of sulfone groups is 1. The molecule has 2 aliphatic rings. The van der Waals surface area contributed by atoms with Gasteiger partial charge in [0.2, 0.25) is 11.8 Å². The number of phosphoric ester groups is 1. The Bertz CT molecular complexity index is 4080. The molecule has 4 atom stereocenters.